The number of carbonyl (C=O) groups excluding carboxylic acids is 1. The summed E-state index contributed by atoms with van der Waals surface area (Å²) in [5.74, 6) is -0.149. The molecule has 0 aromatic rings. The molecule has 0 aliphatic heterocycles. The summed E-state index contributed by atoms with van der Waals surface area (Å²) in [5, 5.41) is 2.98. The molecule has 3 nitrogen and oxygen atoms in total. The van der Waals surface area contributed by atoms with Crippen molar-refractivity contribution in [2.75, 3.05) is 7.05 Å². The smallest absolute Gasteiger partial charge is 0.307 e. The fourth-order valence-electron chi connectivity index (χ4n) is 0.735. The van der Waals surface area contributed by atoms with Crippen molar-refractivity contribution >= 4 is 5.97 Å². The van der Waals surface area contributed by atoms with Gasteiger partial charge in [-0.3, -0.25) is 4.79 Å². The molecule has 0 aromatic heterocycles. The average molecular weight is 173 g/mol. The molecule has 1 N–H and O–H groups in total. The standard InChI is InChI=1S/C9H19NO2/c1-7(10-5)6-8(11)12-9(2,3)4/h7,10H,6H2,1-5H3. The molecule has 0 aliphatic carbocycles. The van der Waals surface area contributed by atoms with Gasteiger partial charge in [0.25, 0.3) is 0 Å². The molecule has 1 atom stereocenters. The van der Waals surface area contributed by atoms with E-state index >= 15 is 0 Å². The molecule has 0 aromatic carbocycles. The second-order valence-electron chi connectivity index (χ2n) is 3.98. The van der Waals surface area contributed by atoms with Gasteiger partial charge in [-0.2, -0.15) is 0 Å². The highest BCUT2D eigenvalue weighted by atomic mass is 16.6. The van der Waals surface area contributed by atoms with E-state index in [1.807, 2.05) is 34.7 Å². The van der Waals surface area contributed by atoms with Crippen LogP contribution in [0.15, 0.2) is 0 Å². The lowest BCUT2D eigenvalue weighted by molar-refractivity contribution is -0.155. The first-order valence-corrected chi connectivity index (χ1v) is 4.24. The highest BCUT2D eigenvalue weighted by Crippen LogP contribution is 2.08. The molecule has 0 spiro atoms. The van der Waals surface area contributed by atoms with Crippen molar-refractivity contribution in [3.8, 4) is 0 Å². The van der Waals surface area contributed by atoms with Gasteiger partial charge in [-0.05, 0) is 34.7 Å². The highest BCUT2D eigenvalue weighted by molar-refractivity contribution is 5.70. The second-order valence-corrected chi connectivity index (χ2v) is 3.98. The summed E-state index contributed by atoms with van der Waals surface area (Å²) in [6, 6.07) is 0.180. The molecule has 0 aliphatic rings. The van der Waals surface area contributed by atoms with E-state index in [0.29, 0.717) is 6.42 Å². The summed E-state index contributed by atoms with van der Waals surface area (Å²) in [7, 11) is 1.83. The molecule has 0 saturated carbocycles. The lowest BCUT2D eigenvalue weighted by atomic mass is 10.2. The van der Waals surface area contributed by atoms with Gasteiger partial charge in [0.1, 0.15) is 5.60 Å². The quantitative estimate of drug-likeness (QED) is 0.654. The third kappa shape index (κ3) is 6.16. The molecule has 0 rings (SSSR count). The zero-order valence-electron chi connectivity index (χ0n) is 8.60. The predicted octanol–water partition coefficient (Wildman–Crippen LogP) is 1.33. The summed E-state index contributed by atoms with van der Waals surface area (Å²) < 4.78 is 5.13. The Bertz CT molecular complexity index is 149. The Labute approximate surface area is 74.5 Å². The van der Waals surface area contributed by atoms with Crippen LogP contribution in [0.2, 0.25) is 0 Å². The maximum absolute atomic E-state index is 11.2. The van der Waals surface area contributed by atoms with Crippen molar-refractivity contribution in [3.63, 3.8) is 0 Å². The van der Waals surface area contributed by atoms with Gasteiger partial charge in [0.2, 0.25) is 0 Å². The summed E-state index contributed by atoms with van der Waals surface area (Å²) in [5.41, 5.74) is -0.370. The van der Waals surface area contributed by atoms with E-state index in [1.165, 1.54) is 0 Å². The third-order valence-electron chi connectivity index (χ3n) is 1.39. The van der Waals surface area contributed by atoms with Crippen LogP contribution in [0.1, 0.15) is 34.1 Å². The summed E-state index contributed by atoms with van der Waals surface area (Å²) >= 11 is 0. The van der Waals surface area contributed by atoms with Crippen LogP contribution in [-0.2, 0) is 9.53 Å². The van der Waals surface area contributed by atoms with E-state index in [0.717, 1.165) is 0 Å². The Kier molecular flexibility index (Phi) is 4.24. The summed E-state index contributed by atoms with van der Waals surface area (Å²) in [4.78, 5) is 11.2. The molecule has 0 fully saturated rings. The average Bonchev–Trinajstić information content (AvgIpc) is 1.82. The van der Waals surface area contributed by atoms with Gasteiger partial charge in [0, 0.05) is 6.04 Å². The molecule has 0 saturated heterocycles. The minimum Gasteiger partial charge on any atom is -0.460 e. The Morgan fingerprint density at radius 2 is 2.00 bits per heavy atom. The zero-order valence-corrected chi connectivity index (χ0v) is 8.60. The number of hydrogen-bond acceptors (Lipinski definition) is 3. The number of rotatable bonds is 3. The lowest BCUT2D eigenvalue weighted by Crippen LogP contribution is -2.30. The minimum atomic E-state index is -0.370. The normalized spacial score (nSPS) is 14.1. The van der Waals surface area contributed by atoms with E-state index in [9.17, 15) is 4.79 Å². The van der Waals surface area contributed by atoms with Crippen LogP contribution in [0.25, 0.3) is 0 Å². The van der Waals surface area contributed by atoms with Gasteiger partial charge >= 0.3 is 5.97 Å². The molecule has 72 valence electrons. The van der Waals surface area contributed by atoms with Crippen molar-refractivity contribution in [1.29, 1.82) is 0 Å². The van der Waals surface area contributed by atoms with Gasteiger partial charge < -0.3 is 10.1 Å². The van der Waals surface area contributed by atoms with Gasteiger partial charge in [-0.1, -0.05) is 0 Å². The second kappa shape index (κ2) is 4.45. The fourth-order valence-corrected chi connectivity index (χ4v) is 0.735. The lowest BCUT2D eigenvalue weighted by Gasteiger charge is -2.20. The van der Waals surface area contributed by atoms with E-state index in [4.69, 9.17) is 4.74 Å². The molecule has 3 heteroatoms. The SMILES string of the molecule is CNC(C)CC(=O)OC(C)(C)C. The highest BCUT2D eigenvalue weighted by Gasteiger charge is 2.17. The van der Waals surface area contributed by atoms with Crippen molar-refractivity contribution in [2.45, 2.75) is 45.8 Å². The van der Waals surface area contributed by atoms with Crippen LogP contribution >= 0.6 is 0 Å². The molecular formula is C9H19NO2. The van der Waals surface area contributed by atoms with E-state index in [1.54, 1.807) is 0 Å². The number of esters is 1. The van der Waals surface area contributed by atoms with E-state index in [-0.39, 0.29) is 17.6 Å². The minimum absolute atomic E-state index is 0.149. The van der Waals surface area contributed by atoms with Gasteiger partial charge in [-0.15, -0.1) is 0 Å². The van der Waals surface area contributed by atoms with Crippen LogP contribution in [0.5, 0.6) is 0 Å². The van der Waals surface area contributed by atoms with Crippen LogP contribution in [-0.4, -0.2) is 24.7 Å². The number of ether oxygens (including phenoxy) is 1. The van der Waals surface area contributed by atoms with Gasteiger partial charge in [-0.25, -0.2) is 0 Å². The Balaban J connectivity index is 3.75. The largest absolute Gasteiger partial charge is 0.460 e. The van der Waals surface area contributed by atoms with Gasteiger partial charge in [0.05, 0.1) is 6.42 Å². The monoisotopic (exact) mass is 173 g/mol. The maximum atomic E-state index is 11.2. The van der Waals surface area contributed by atoms with Crippen LogP contribution in [0.3, 0.4) is 0 Å². The molecule has 0 amide bonds. The third-order valence-corrected chi connectivity index (χ3v) is 1.39. The van der Waals surface area contributed by atoms with Crippen LogP contribution < -0.4 is 5.32 Å². The first-order chi connectivity index (χ1) is 5.35. The number of hydrogen-bond donors (Lipinski definition) is 1. The van der Waals surface area contributed by atoms with Gasteiger partial charge in [0.15, 0.2) is 0 Å². The number of nitrogens with one attached hydrogen (secondary N) is 1. The zero-order chi connectivity index (χ0) is 9.78. The number of carbonyl (C=O) groups is 1. The molecule has 0 radical (unpaired) electrons. The van der Waals surface area contributed by atoms with E-state index < -0.39 is 0 Å². The predicted molar refractivity (Wildman–Crippen MR) is 49.0 cm³/mol. The van der Waals surface area contributed by atoms with Crippen molar-refractivity contribution < 1.29 is 9.53 Å². The van der Waals surface area contributed by atoms with E-state index in [2.05, 4.69) is 5.32 Å². The summed E-state index contributed by atoms with van der Waals surface area (Å²) in [6.07, 6.45) is 0.424. The molecule has 1 unspecified atom stereocenters. The molecule has 12 heavy (non-hydrogen) atoms. The van der Waals surface area contributed by atoms with Crippen molar-refractivity contribution in [2.24, 2.45) is 0 Å². The van der Waals surface area contributed by atoms with Crippen LogP contribution in [0, 0.1) is 0 Å². The van der Waals surface area contributed by atoms with Crippen LogP contribution in [0.4, 0.5) is 0 Å². The topological polar surface area (TPSA) is 38.3 Å². The first-order valence-electron chi connectivity index (χ1n) is 4.24. The Morgan fingerprint density at radius 3 is 2.33 bits per heavy atom. The van der Waals surface area contributed by atoms with Crippen molar-refractivity contribution in [3.05, 3.63) is 0 Å². The van der Waals surface area contributed by atoms with Crippen molar-refractivity contribution in [1.82, 2.24) is 5.32 Å². The maximum Gasteiger partial charge on any atom is 0.307 e. The summed E-state index contributed by atoms with van der Waals surface area (Å²) in [6.45, 7) is 7.56. The Hall–Kier alpha value is -0.570. The first kappa shape index (κ1) is 11.4. The fraction of sp³-hybridized carbons (Fsp3) is 0.889. The molecule has 0 heterocycles. The molecule has 0 bridgehead atoms. The Morgan fingerprint density at radius 1 is 1.50 bits per heavy atom. The molecular weight excluding hydrogens is 154 g/mol.